The molecular formula is C15H13ClFNO5S. The van der Waals surface area contributed by atoms with Crippen molar-refractivity contribution in [3.8, 4) is 5.75 Å². The highest BCUT2D eigenvalue weighted by molar-refractivity contribution is 7.92. The third-order valence-corrected chi connectivity index (χ3v) is 4.80. The zero-order valence-corrected chi connectivity index (χ0v) is 14.0. The minimum atomic E-state index is -4.25. The van der Waals surface area contributed by atoms with Crippen LogP contribution < -0.4 is 9.46 Å². The number of hydrogen-bond donors (Lipinski definition) is 2. The average Bonchev–Trinajstić information content (AvgIpc) is 2.48. The van der Waals surface area contributed by atoms with Crippen LogP contribution in [0.3, 0.4) is 0 Å². The Morgan fingerprint density at radius 2 is 2.00 bits per heavy atom. The number of halogens is 2. The van der Waals surface area contributed by atoms with Gasteiger partial charge in [0.2, 0.25) is 0 Å². The van der Waals surface area contributed by atoms with Gasteiger partial charge in [-0.05, 0) is 31.2 Å². The Balaban J connectivity index is 2.49. The molecule has 0 saturated carbocycles. The van der Waals surface area contributed by atoms with E-state index in [4.69, 9.17) is 21.4 Å². The first-order valence-corrected chi connectivity index (χ1v) is 8.59. The Hall–Kier alpha value is -2.32. The van der Waals surface area contributed by atoms with Crippen molar-refractivity contribution in [3.63, 3.8) is 0 Å². The fourth-order valence-electron chi connectivity index (χ4n) is 1.93. The molecule has 0 radical (unpaired) electrons. The quantitative estimate of drug-likeness (QED) is 0.809. The molecule has 2 N–H and O–H groups in total. The summed E-state index contributed by atoms with van der Waals surface area (Å²) in [6.07, 6.45) is 0. The lowest BCUT2D eigenvalue weighted by Crippen LogP contribution is -2.16. The number of carboxylic acid groups (broad SMARTS) is 1. The van der Waals surface area contributed by atoms with Crippen molar-refractivity contribution < 1.29 is 27.4 Å². The zero-order valence-electron chi connectivity index (χ0n) is 12.4. The molecule has 0 aliphatic heterocycles. The Bertz CT molecular complexity index is 885. The van der Waals surface area contributed by atoms with Gasteiger partial charge in [-0.2, -0.15) is 0 Å². The lowest BCUT2D eigenvalue weighted by atomic mass is 10.2. The van der Waals surface area contributed by atoms with Gasteiger partial charge in [-0.3, -0.25) is 4.72 Å². The number of anilines is 1. The number of sulfonamides is 1. The van der Waals surface area contributed by atoms with Crippen LogP contribution in [-0.2, 0) is 10.0 Å². The molecule has 0 unspecified atom stereocenters. The highest BCUT2D eigenvalue weighted by Crippen LogP contribution is 2.30. The summed E-state index contributed by atoms with van der Waals surface area (Å²) in [5.74, 6) is -2.43. The molecule has 0 aliphatic rings. The number of para-hydroxylation sites is 2. The second-order valence-corrected chi connectivity index (χ2v) is 6.66. The van der Waals surface area contributed by atoms with Gasteiger partial charge < -0.3 is 9.84 Å². The monoisotopic (exact) mass is 373 g/mol. The molecular weight excluding hydrogens is 361 g/mol. The van der Waals surface area contributed by atoms with E-state index in [2.05, 4.69) is 4.72 Å². The van der Waals surface area contributed by atoms with Crippen LogP contribution in [0.1, 0.15) is 17.3 Å². The average molecular weight is 374 g/mol. The smallest absolute Gasteiger partial charge is 0.338 e. The van der Waals surface area contributed by atoms with Crippen LogP contribution in [0.5, 0.6) is 5.75 Å². The summed E-state index contributed by atoms with van der Waals surface area (Å²) >= 11 is 5.77. The molecule has 0 bridgehead atoms. The molecule has 0 atom stereocenters. The highest BCUT2D eigenvalue weighted by atomic mass is 35.5. The van der Waals surface area contributed by atoms with E-state index < -0.39 is 37.3 Å². The molecule has 0 saturated heterocycles. The molecule has 24 heavy (non-hydrogen) atoms. The molecule has 0 aliphatic carbocycles. The molecule has 0 heterocycles. The van der Waals surface area contributed by atoms with Gasteiger partial charge in [0.1, 0.15) is 16.5 Å². The van der Waals surface area contributed by atoms with E-state index in [0.717, 1.165) is 0 Å². The Kier molecular flexibility index (Phi) is 5.30. The standard InChI is InChI=1S/C15H13ClFNO5S/c1-2-23-13-6-4-3-5-12(13)18-24(21,22)14-7-9(15(19)20)11(17)8-10(14)16/h3-8,18H,2H2,1H3,(H,19,20). The highest BCUT2D eigenvalue weighted by Gasteiger charge is 2.24. The molecule has 128 valence electrons. The van der Waals surface area contributed by atoms with Gasteiger partial charge in [-0.1, -0.05) is 23.7 Å². The van der Waals surface area contributed by atoms with Crippen LogP contribution in [0.25, 0.3) is 0 Å². The van der Waals surface area contributed by atoms with Gasteiger partial charge in [0.05, 0.1) is 22.9 Å². The van der Waals surface area contributed by atoms with E-state index in [0.29, 0.717) is 24.5 Å². The summed E-state index contributed by atoms with van der Waals surface area (Å²) in [7, 11) is -4.25. The number of aromatic carboxylic acids is 1. The van der Waals surface area contributed by atoms with Crippen molar-refractivity contribution in [2.75, 3.05) is 11.3 Å². The van der Waals surface area contributed by atoms with E-state index in [1.54, 1.807) is 25.1 Å². The third-order valence-electron chi connectivity index (χ3n) is 2.97. The van der Waals surface area contributed by atoms with Gasteiger partial charge in [-0.15, -0.1) is 0 Å². The minimum Gasteiger partial charge on any atom is -0.492 e. The van der Waals surface area contributed by atoms with Gasteiger partial charge >= 0.3 is 5.97 Å². The number of ether oxygens (including phenoxy) is 1. The molecule has 2 aromatic rings. The number of carbonyl (C=O) groups is 1. The molecule has 9 heteroatoms. The van der Waals surface area contributed by atoms with Gasteiger partial charge in [0.15, 0.2) is 0 Å². The Morgan fingerprint density at radius 1 is 1.33 bits per heavy atom. The summed E-state index contributed by atoms with van der Waals surface area (Å²) in [5.41, 5.74) is -0.644. The van der Waals surface area contributed by atoms with Crippen LogP contribution in [0.15, 0.2) is 41.3 Å². The summed E-state index contributed by atoms with van der Waals surface area (Å²) < 4.78 is 46.1. The van der Waals surface area contributed by atoms with Crippen LogP contribution in [-0.4, -0.2) is 26.1 Å². The first kappa shape index (κ1) is 18.0. The molecule has 0 spiro atoms. The van der Waals surface area contributed by atoms with Crippen molar-refractivity contribution in [3.05, 3.63) is 52.8 Å². The number of carboxylic acids is 1. The second-order valence-electron chi connectivity index (χ2n) is 4.60. The number of hydrogen-bond acceptors (Lipinski definition) is 4. The summed E-state index contributed by atoms with van der Waals surface area (Å²) in [5, 5.41) is 8.50. The van der Waals surface area contributed by atoms with Crippen LogP contribution >= 0.6 is 11.6 Å². The summed E-state index contributed by atoms with van der Waals surface area (Å²) in [6.45, 7) is 2.06. The number of benzene rings is 2. The van der Waals surface area contributed by atoms with Crippen LogP contribution in [0.2, 0.25) is 5.02 Å². The number of nitrogens with one attached hydrogen (secondary N) is 1. The van der Waals surface area contributed by atoms with E-state index in [1.165, 1.54) is 6.07 Å². The summed E-state index contributed by atoms with van der Waals surface area (Å²) in [6, 6.07) is 7.61. The SMILES string of the molecule is CCOc1ccccc1NS(=O)(=O)c1cc(C(=O)O)c(F)cc1Cl. The van der Waals surface area contributed by atoms with Gasteiger partial charge in [0, 0.05) is 0 Å². The first-order valence-electron chi connectivity index (χ1n) is 6.73. The summed E-state index contributed by atoms with van der Waals surface area (Å²) in [4.78, 5) is 10.4. The largest absolute Gasteiger partial charge is 0.492 e. The Labute approximate surface area is 142 Å². The van der Waals surface area contributed by atoms with E-state index in [1.807, 2.05) is 0 Å². The molecule has 2 rings (SSSR count). The third kappa shape index (κ3) is 3.77. The molecule has 0 fully saturated rings. The van der Waals surface area contributed by atoms with E-state index >= 15 is 0 Å². The van der Waals surface area contributed by atoms with Gasteiger partial charge in [-0.25, -0.2) is 17.6 Å². The second kappa shape index (κ2) is 7.06. The van der Waals surface area contributed by atoms with Crippen LogP contribution in [0, 0.1) is 5.82 Å². The normalized spacial score (nSPS) is 11.1. The van der Waals surface area contributed by atoms with Crippen molar-refractivity contribution in [1.82, 2.24) is 0 Å². The maximum absolute atomic E-state index is 13.6. The van der Waals surface area contributed by atoms with Gasteiger partial charge in [0.25, 0.3) is 10.0 Å². The van der Waals surface area contributed by atoms with Crippen molar-refractivity contribution in [2.24, 2.45) is 0 Å². The minimum absolute atomic E-state index is 0.150. The fourth-order valence-corrected chi connectivity index (χ4v) is 3.54. The topological polar surface area (TPSA) is 92.7 Å². The maximum atomic E-state index is 13.6. The van der Waals surface area contributed by atoms with E-state index in [9.17, 15) is 17.6 Å². The molecule has 6 nitrogen and oxygen atoms in total. The van der Waals surface area contributed by atoms with E-state index in [-0.39, 0.29) is 5.69 Å². The lowest BCUT2D eigenvalue weighted by molar-refractivity contribution is 0.0691. The number of rotatable bonds is 6. The molecule has 0 amide bonds. The maximum Gasteiger partial charge on any atom is 0.338 e. The predicted molar refractivity (Wildman–Crippen MR) is 86.8 cm³/mol. The zero-order chi connectivity index (χ0) is 17.9. The first-order chi connectivity index (χ1) is 11.3. The van der Waals surface area contributed by atoms with Crippen molar-refractivity contribution in [1.29, 1.82) is 0 Å². The van der Waals surface area contributed by atoms with Crippen molar-refractivity contribution in [2.45, 2.75) is 11.8 Å². The van der Waals surface area contributed by atoms with Crippen molar-refractivity contribution >= 4 is 33.3 Å². The fraction of sp³-hybridized carbons (Fsp3) is 0.133. The molecule has 2 aromatic carbocycles. The lowest BCUT2D eigenvalue weighted by Gasteiger charge is -2.14. The molecule has 0 aromatic heterocycles. The van der Waals surface area contributed by atoms with Crippen LogP contribution in [0.4, 0.5) is 10.1 Å². The predicted octanol–water partition coefficient (Wildman–Crippen LogP) is 3.38. The Morgan fingerprint density at radius 3 is 2.62 bits per heavy atom.